The number of likely N-dealkylation sites (tertiary alicyclic amines) is 1. The van der Waals surface area contributed by atoms with Gasteiger partial charge in [-0.2, -0.15) is 0 Å². The third-order valence-electron chi connectivity index (χ3n) is 4.03. The summed E-state index contributed by atoms with van der Waals surface area (Å²) in [6.45, 7) is 5.84. The van der Waals surface area contributed by atoms with Crippen LogP contribution >= 0.6 is 23.2 Å². The molecule has 0 saturated carbocycles. The van der Waals surface area contributed by atoms with Crippen LogP contribution in [0, 0.1) is 5.92 Å². The van der Waals surface area contributed by atoms with E-state index >= 15 is 0 Å². The van der Waals surface area contributed by atoms with Crippen LogP contribution in [0.5, 0.6) is 5.75 Å². The summed E-state index contributed by atoms with van der Waals surface area (Å²) in [4.78, 5) is 14.6. The molecule has 0 aromatic heterocycles. The molecule has 1 saturated heterocycles. The molecule has 3 atom stereocenters. The second kappa shape index (κ2) is 7.53. The minimum Gasteiger partial charge on any atom is -0.479 e. The third-order valence-corrected chi connectivity index (χ3v) is 4.83. The van der Waals surface area contributed by atoms with E-state index in [2.05, 4.69) is 24.2 Å². The minimum atomic E-state index is -0.622. The Kier molecular flexibility index (Phi) is 5.95. The van der Waals surface area contributed by atoms with Gasteiger partial charge in [-0.1, -0.05) is 36.2 Å². The highest BCUT2D eigenvalue weighted by molar-refractivity contribution is 6.42. The lowest BCUT2D eigenvalue weighted by molar-refractivity contribution is -0.128. The van der Waals surface area contributed by atoms with Crippen LogP contribution in [0.25, 0.3) is 0 Å². The Morgan fingerprint density at radius 3 is 2.86 bits per heavy atom. The molecule has 122 valence electrons. The number of nitrogens with one attached hydrogen (secondary N) is 1. The van der Waals surface area contributed by atoms with Gasteiger partial charge in [-0.25, -0.2) is 0 Å². The van der Waals surface area contributed by atoms with Crippen LogP contribution in [-0.2, 0) is 4.79 Å². The lowest BCUT2D eigenvalue weighted by atomic mass is 9.94. The van der Waals surface area contributed by atoms with Crippen LogP contribution in [0.4, 0.5) is 0 Å². The molecule has 0 radical (unpaired) electrons. The average molecular weight is 345 g/mol. The van der Waals surface area contributed by atoms with Crippen molar-refractivity contribution in [2.45, 2.75) is 32.4 Å². The molecule has 6 heteroatoms. The molecule has 1 amide bonds. The van der Waals surface area contributed by atoms with Crippen molar-refractivity contribution in [2.75, 3.05) is 20.1 Å². The van der Waals surface area contributed by atoms with Gasteiger partial charge in [0.1, 0.15) is 10.8 Å². The molecule has 1 aromatic carbocycles. The standard InChI is InChI=1S/C16H22Cl2N2O2/c1-10-9-20(3)8-7-13(10)19-16(21)11(2)22-14-6-4-5-12(17)15(14)18/h4-6,10-11,13H,7-9H2,1-3H3,(H,19,21). The quantitative estimate of drug-likeness (QED) is 0.911. The Hall–Kier alpha value is -0.970. The van der Waals surface area contributed by atoms with Crippen LogP contribution in [0.15, 0.2) is 18.2 Å². The molecule has 1 aliphatic rings. The van der Waals surface area contributed by atoms with Crippen molar-refractivity contribution in [1.82, 2.24) is 10.2 Å². The summed E-state index contributed by atoms with van der Waals surface area (Å²) in [5.41, 5.74) is 0. The summed E-state index contributed by atoms with van der Waals surface area (Å²) in [7, 11) is 2.10. The zero-order valence-electron chi connectivity index (χ0n) is 13.1. The molecule has 22 heavy (non-hydrogen) atoms. The number of carbonyl (C=O) groups is 1. The van der Waals surface area contributed by atoms with E-state index in [0.717, 1.165) is 19.5 Å². The maximum Gasteiger partial charge on any atom is 0.261 e. The number of halogens is 2. The zero-order chi connectivity index (χ0) is 16.3. The molecule has 0 spiro atoms. The Bertz CT molecular complexity index is 539. The van der Waals surface area contributed by atoms with Gasteiger partial charge in [0.15, 0.2) is 6.10 Å². The highest BCUT2D eigenvalue weighted by atomic mass is 35.5. The van der Waals surface area contributed by atoms with Crippen molar-refractivity contribution in [3.8, 4) is 5.75 Å². The van der Waals surface area contributed by atoms with Crippen molar-refractivity contribution in [3.05, 3.63) is 28.2 Å². The number of nitrogens with zero attached hydrogens (tertiary/aromatic N) is 1. The van der Waals surface area contributed by atoms with Crippen molar-refractivity contribution in [2.24, 2.45) is 5.92 Å². The Morgan fingerprint density at radius 1 is 1.45 bits per heavy atom. The first kappa shape index (κ1) is 17.4. The summed E-state index contributed by atoms with van der Waals surface area (Å²) in [5, 5.41) is 3.82. The fraction of sp³-hybridized carbons (Fsp3) is 0.562. The Morgan fingerprint density at radius 2 is 2.18 bits per heavy atom. The number of amides is 1. The van der Waals surface area contributed by atoms with Gasteiger partial charge in [0.05, 0.1) is 5.02 Å². The van der Waals surface area contributed by atoms with Crippen molar-refractivity contribution >= 4 is 29.1 Å². The second-order valence-electron chi connectivity index (χ2n) is 5.96. The molecule has 2 rings (SSSR count). The molecular weight excluding hydrogens is 323 g/mol. The minimum absolute atomic E-state index is 0.127. The maximum atomic E-state index is 12.3. The van der Waals surface area contributed by atoms with Crippen LogP contribution in [0.2, 0.25) is 10.0 Å². The van der Waals surface area contributed by atoms with Crippen LogP contribution in [0.1, 0.15) is 20.3 Å². The third kappa shape index (κ3) is 4.28. The zero-order valence-corrected chi connectivity index (χ0v) is 14.6. The molecule has 1 heterocycles. The highest BCUT2D eigenvalue weighted by Gasteiger charge is 2.27. The molecule has 0 bridgehead atoms. The van der Waals surface area contributed by atoms with Gasteiger partial charge in [-0.15, -0.1) is 0 Å². The van der Waals surface area contributed by atoms with E-state index in [-0.39, 0.29) is 11.9 Å². The first-order chi connectivity index (χ1) is 10.4. The number of benzene rings is 1. The molecule has 1 N–H and O–H groups in total. The largest absolute Gasteiger partial charge is 0.479 e. The number of piperidine rings is 1. The van der Waals surface area contributed by atoms with Gasteiger partial charge in [0, 0.05) is 12.6 Å². The van der Waals surface area contributed by atoms with E-state index in [1.165, 1.54) is 0 Å². The Balaban J connectivity index is 1.93. The molecule has 3 unspecified atom stereocenters. The number of rotatable bonds is 4. The topological polar surface area (TPSA) is 41.6 Å². The van der Waals surface area contributed by atoms with E-state index in [0.29, 0.717) is 21.7 Å². The van der Waals surface area contributed by atoms with Crippen molar-refractivity contribution in [1.29, 1.82) is 0 Å². The molecule has 1 aliphatic heterocycles. The maximum absolute atomic E-state index is 12.3. The smallest absolute Gasteiger partial charge is 0.261 e. The van der Waals surface area contributed by atoms with E-state index in [1.54, 1.807) is 25.1 Å². The normalized spacial score (nSPS) is 23.9. The second-order valence-corrected chi connectivity index (χ2v) is 6.74. The van der Waals surface area contributed by atoms with Crippen LogP contribution < -0.4 is 10.1 Å². The van der Waals surface area contributed by atoms with Crippen molar-refractivity contribution in [3.63, 3.8) is 0 Å². The molecule has 1 aromatic rings. The average Bonchev–Trinajstić information content (AvgIpc) is 2.46. The monoisotopic (exact) mass is 344 g/mol. The van der Waals surface area contributed by atoms with E-state index in [9.17, 15) is 4.79 Å². The summed E-state index contributed by atoms with van der Waals surface area (Å²) >= 11 is 12.0. The SMILES string of the molecule is CC(Oc1cccc(Cl)c1Cl)C(=O)NC1CCN(C)CC1C. The van der Waals surface area contributed by atoms with Gasteiger partial charge in [0.25, 0.3) is 5.91 Å². The van der Waals surface area contributed by atoms with E-state index < -0.39 is 6.10 Å². The van der Waals surface area contributed by atoms with Crippen LogP contribution in [0.3, 0.4) is 0 Å². The number of ether oxygens (including phenoxy) is 1. The van der Waals surface area contributed by atoms with Gasteiger partial charge in [-0.05, 0) is 45.0 Å². The number of carbonyl (C=O) groups excluding carboxylic acids is 1. The molecule has 1 fully saturated rings. The number of hydrogen-bond donors (Lipinski definition) is 1. The van der Waals surface area contributed by atoms with E-state index in [4.69, 9.17) is 27.9 Å². The van der Waals surface area contributed by atoms with Gasteiger partial charge >= 0.3 is 0 Å². The first-order valence-electron chi connectivity index (χ1n) is 7.48. The fourth-order valence-electron chi connectivity index (χ4n) is 2.69. The molecular formula is C16H22Cl2N2O2. The molecule has 4 nitrogen and oxygen atoms in total. The lowest BCUT2D eigenvalue weighted by Gasteiger charge is -2.35. The predicted molar refractivity (Wildman–Crippen MR) is 89.8 cm³/mol. The highest BCUT2D eigenvalue weighted by Crippen LogP contribution is 2.32. The van der Waals surface area contributed by atoms with E-state index in [1.807, 2.05) is 0 Å². The summed E-state index contributed by atoms with van der Waals surface area (Å²) in [5.74, 6) is 0.718. The Labute approximate surface area is 141 Å². The van der Waals surface area contributed by atoms with Crippen molar-refractivity contribution < 1.29 is 9.53 Å². The number of hydrogen-bond acceptors (Lipinski definition) is 3. The predicted octanol–water partition coefficient (Wildman–Crippen LogP) is 3.22. The van der Waals surface area contributed by atoms with Crippen LogP contribution in [-0.4, -0.2) is 43.1 Å². The van der Waals surface area contributed by atoms with Gasteiger partial charge in [0.2, 0.25) is 0 Å². The lowest BCUT2D eigenvalue weighted by Crippen LogP contribution is -2.51. The fourth-order valence-corrected chi connectivity index (χ4v) is 3.02. The summed E-state index contributed by atoms with van der Waals surface area (Å²) in [6.07, 6.45) is 0.330. The first-order valence-corrected chi connectivity index (χ1v) is 8.23. The summed E-state index contributed by atoms with van der Waals surface area (Å²) < 4.78 is 5.65. The van der Waals surface area contributed by atoms with Gasteiger partial charge < -0.3 is 15.0 Å². The molecule has 0 aliphatic carbocycles. The summed E-state index contributed by atoms with van der Waals surface area (Å²) in [6, 6.07) is 5.31. The van der Waals surface area contributed by atoms with Gasteiger partial charge in [-0.3, -0.25) is 4.79 Å².